The second kappa shape index (κ2) is 9.17. The molecule has 8 nitrogen and oxygen atoms in total. The van der Waals surface area contributed by atoms with Crippen molar-refractivity contribution in [3.05, 3.63) is 69.2 Å². The van der Waals surface area contributed by atoms with Crippen LogP contribution in [-0.4, -0.2) is 36.6 Å². The molecule has 2 fully saturated rings. The van der Waals surface area contributed by atoms with Crippen molar-refractivity contribution in [1.82, 2.24) is 9.62 Å². The predicted molar refractivity (Wildman–Crippen MR) is 120 cm³/mol. The quantitative estimate of drug-likeness (QED) is 0.480. The lowest BCUT2D eigenvalue weighted by atomic mass is 9.95. The summed E-state index contributed by atoms with van der Waals surface area (Å²) < 4.78 is 27.3. The van der Waals surface area contributed by atoms with Crippen LogP contribution in [0.3, 0.4) is 0 Å². The number of piperidine rings is 1. The first-order valence-electron chi connectivity index (χ1n) is 10.6. The molecule has 2 aliphatic rings. The first-order chi connectivity index (χ1) is 15.3. The van der Waals surface area contributed by atoms with Crippen molar-refractivity contribution in [3.63, 3.8) is 0 Å². The summed E-state index contributed by atoms with van der Waals surface area (Å²) in [6.45, 7) is 0.303. The van der Waals surface area contributed by atoms with E-state index in [9.17, 15) is 23.3 Å². The van der Waals surface area contributed by atoms with E-state index in [1.807, 2.05) is 30.3 Å². The van der Waals surface area contributed by atoms with Crippen LogP contribution < -0.4 is 5.32 Å². The number of nitro benzene ring substituents is 1. The predicted octanol–water partition coefficient (Wildman–Crippen LogP) is 3.92. The lowest BCUT2D eigenvalue weighted by Gasteiger charge is -2.31. The van der Waals surface area contributed by atoms with Crippen LogP contribution in [0.4, 0.5) is 5.69 Å². The topological polar surface area (TPSA) is 110 Å². The number of hydrogen-bond acceptors (Lipinski definition) is 5. The van der Waals surface area contributed by atoms with Gasteiger partial charge < -0.3 is 5.32 Å². The van der Waals surface area contributed by atoms with Crippen molar-refractivity contribution in [3.8, 4) is 0 Å². The van der Waals surface area contributed by atoms with Gasteiger partial charge >= 0.3 is 0 Å². The highest BCUT2D eigenvalue weighted by molar-refractivity contribution is 7.89. The Kier molecular flexibility index (Phi) is 6.50. The summed E-state index contributed by atoms with van der Waals surface area (Å²) in [5, 5.41) is 14.2. The summed E-state index contributed by atoms with van der Waals surface area (Å²) in [6, 6.07) is 13.2. The van der Waals surface area contributed by atoms with E-state index in [1.165, 1.54) is 16.4 Å². The number of nitro groups is 1. The number of nitrogens with one attached hydrogen (secondary N) is 1. The monoisotopic (exact) mass is 477 g/mol. The van der Waals surface area contributed by atoms with E-state index in [4.69, 9.17) is 11.6 Å². The number of rotatable bonds is 7. The van der Waals surface area contributed by atoms with Gasteiger partial charge in [0, 0.05) is 31.1 Å². The van der Waals surface area contributed by atoms with Gasteiger partial charge in [0.1, 0.15) is 4.90 Å². The molecule has 4 rings (SSSR count). The van der Waals surface area contributed by atoms with Gasteiger partial charge in [-0.25, -0.2) is 8.42 Å². The fraction of sp³-hybridized carbons (Fsp3) is 0.409. The van der Waals surface area contributed by atoms with E-state index in [2.05, 4.69) is 5.32 Å². The van der Waals surface area contributed by atoms with E-state index in [0.29, 0.717) is 18.8 Å². The Morgan fingerprint density at radius 3 is 2.34 bits per heavy atom. The normalized spacial score (nSPS) is 18.8. The van der Waals surface area contributed by atoms with Gasteiger partial charge in [0.15, 0.2) is 0 Å². The number of halogens is 1. The van der Waals surface area contributed by atoms with Crippen LogP contribution in [0.25, 0.3) is 0 Å². The Bertz CT molecular complexity index is 1110. The van der Waals surface area contributed by atoms with E-state index in [0.717, 1.165) is 24.5 Å². The minimum Gasteiger partial charge on any atom is -0.349 e. The van der Waals surface area contributed by atoms with Gasteiger partial charge in [-0.15, -0.1) is 0 Å². The molecular weight excluding hydrogens is 454 g/mol. The summed E-state index contributed by atoms with van der Waals surface area (Å²) in [6.07, 6.45) is 2.93. The van der Waals surface area contributed by atoms with Gasteiger partial charge in [-0.05, 0) is 43.2 Å². The number of sulfonamides is 1. The first-order valence-corrected chi connectivity index (χ1v) is 12.4. The lowest BCUT2D eigenvalue weighted by molar-refractivity contribution is -0.385. The third-order valence-electron chi connectivity index (χ3n) is 6.12. The molecule has 0 unspecified atom stereocenters. The van der Waals surface area contributed by atoms with Crippen LogP contribution in [-0.2, 0) is 14.8 Å². The molecule has 32 heavy (non-hydrogen) atoms. The summed E-state index contributed by atoms with van der Waals surface area (Å²) in [5.74, 6) is 0.0982. The highest BCUT2D eigenvalue weighted by Crippen LogP contribution is 2.41. The van der Waals surface area contributed by atoms with E-state index < -0.39 is 14.9 Å². The van der Waals surface area contributed by atoms with Crippen molar-refractivity contribution in [1.29, 1.82) is 0 Å². The van der Waals surface area contributed by atoms with Gasteiger partial charge in [-0.3, -0.25) is 14.9 Å². The highest BCUT2D eigenvalue weighted by Gasteiger charge is 2.37. The number of nitrogens with zero attached hydrogens (tertiary/aromatic N) is 2. The van der Waals surface area contributed by atoms with Crippen molar-refractivity contribution in [2.45, 2.75) is 36.6 Å². The standard InChI is InChI=1S/C22H24ClN3O5S/c23-19-9-8-18(26(28)29)14-20(19)32(30,31)25-12-10-17(11-13-25)22(27)24-21(16-6-7-16)15-4-2-1-3-5-15/h1-5,8-9,14,16-17,21H,6-7,10-13H2,(H,24,27)/t21-/m1/s1. The van der Waals surface area contributed by atoms with Crippen LogP contribution in [0.5, 0.6) is 0 Å². The summed E-state index contributed by atoms with van der Waals surface area (Å²) in [7, 11) is -4.00. The van der Waals surface area contributed by atoms with Crippen LogP contribution in [0.15, 0.2) is 53.4 Å². The Morgan fingerprint density at radius 2 is 1.75 bits per heavy atom. The molecule has 0 spiro atoms. The summed E-state index contributed by atoms with van der Waals surface area (Å²) in [4.78, 5) is 23.0. The van der Waals surface area contributed by atoms with Gasteiger partial charge in [0.2, 0.25) is 15.9 Å². The zero-order chi connectivity index (χ0) is 22.9. The molecule has 170 valence electrons. The Morgan fingerprint density at radius 1 is 1.09 bits per heavy atom. The molecular formula is C22H24ClN3O5S. The fourth-order valence-corrected chi connectivity index (χ4v) is 6.10. The van der Waals surface area contributed by atoms with Crippen LogP contribution >= 0.6 is 11.6 Å². The molecule has 0 bridgehead atoms. The van der Waals surface area contributed by atoms with Gasteiger partial charge in [0.25, 0.3) is 5.69 Å². The third kappa shape index (κ3) is 4.79. The highest BCUT2D eigenvalue weighted by atomic mass is 35.5. The maximum Gasteiger partial charge on any atom is 0.270 e. The maximum absolute atomic E-state index is 13.0. The Balaban J connectivity index is 1.42. The molecule has 1 N–H and O–H groups in total. The van der Waals surface area contributed by atoms with Crippen molar-refractivity contribution < 1.29 is 18.1 Å². The number of carbonyl (C=O) groups is 1. The number of benzene rings is 2. The summed E-state index contributed by atoms with van der Waals surface area (Å²) in [5.41, 5.74) is 0.748. The fourth-order valence-electron chi connectivity index (χ4n) is 4.14. The molecule has 10 heteroatoms. The molecule has 1 heterocycles. The number of hydrogen-bond donors (Lipinski definition) is 1. The maximum atomic E-state index is 13.0. The minimum absolute atomic E-state index is 0.0193. The second-order valence-corrected chi connectivity index (χ2v) is 10.6. The average Bonchev–Trinajstić information content (AvgIpc) is 3.63. The number of carbonyl (C=O) groups excluding carboxylic acids is 1. The van der Waals surface area contributed by atoms with Gasteiger partial charge in [-0.2, -0.15) is 4.31 Å². The van der Waals surface area contributed by atoms with E-state index in [1.54, 1.807) is 0 Å². The molecule has 1 amide bonds. The van der Waals surface area contributed by atoms with Crippen LogP contribution in [0.2, 0.25) is 5.02 Å². The van der Waals surface area contributed by atoms with Crippen LogP contribution in [0, 0.1) is 22.0 Å². The first kappa shape index (κ1) is 22.7. The molecule has 2 aromatic rings. The van der Waals surface area contributed by atoms with Crippen molar-refractivity contribution in [2.24, 2.45) is 11.8 Å². The molecule has 1 aliphatic heterocycles. The molecule has 1 saturated carbocycles. The second-order valence-electron chi connectivity index (χ2n) is 8.28. The smallest absolute Gasteiger partial charge is 0.270 e. The average molecular weight is 478 g/mol. The lowest BCUT2D eigenvalue weighted by Crippen LogP contribution is -2.44. The largest absolute Gasteiger partial charge is 0.349 e. The Labute approximate surface area is 191 Å². The van der Waals surface area contributed by atoms with Gasteiger partial charge in [0.05, 0.1) is 16.0 Å². The molecule has 0 radical (unpaired) electrons. The van der Waals surface area contributed by atoms with E-state index >= 15 is 0 Å². The third-order valence-corrected chi connectivity index (χ3v) is 8.50. The number of amides is 1. The molecule has 0 aromatic heterocycles. The van der Waals surface area contributed by atoms with E-state index in [-0.39, 0.29) is 46.6 Å². The SMILES string of the molecule is O=C(N[C@H](c1ccccc1)C1CC1)C1CCN(S(=O)(=O)c2cc([N+](=O)[O-])ccc2Cl)CC1. The van der Waals surface area contributed by atoms with Crippen LogP contribution in [0.1, 0.15) is 37.3 Å². The number of non-ortho nitro benzene ring substituents is 1. The Hall–Kier alpha value is -2.49. The van der Waals surface area contributed by atoms with Crippen molar-refractivity contribution >= 4 is 33.2 Å². The molecule has 1 saturated heterocycles. The molecule has 1 aliphatic carbocycles. The molecule has 1 atom stereocenters. The zero-order valence-corrected chi connectivity index (χ0v) is 18.9. The summed E-state index contributed by atoms with van der Waals surface area (Å²) >= 11 is 6.04. The zero-order valence-electron chi connectivity index (χ0n) is 17.3. The minimum atomic E-state index is -4.00. The molecule has 2 aromatic carbocycles. The van der Waals surface area contributed by atoms with Gasteiger partial charge in [-0.1, -0.05) is 41.9 Å². The van der Waals surface area contributed by atoms with Crippen molar-refractivity contribution in [2.75, 3.05) is 13.1 Å².